The van der Waals surface area contributed by atoms with Crippen molar-refractivity contribution in [1.82, 2.24) is 10.2 Å². The lowest BCUT2D eigenvalue weighted by Crippen LogP contribution is -2.41. The summed E-state index contributed by atoms with van der Waals surface area (Å²) in [6, 6.07) is 0.0417. The maximum absolute atomic E-state index is 12.7. The van der Waals surface area contributed by atoms with Crippen molar-refractivity contribution in [2.75, 3.05) is 39.4 Å². The van der Waals surface area contributed by atoms with Gasteiger partial charge in [-0.15, -0.1) is 0 Å². The minimum absolute atomic E-state index is 0.0417. The van der Waals surface area contributed by atoms with E-state index in [1.54, 1.807) is 0 Å². The van der Waals surface area contributed by atoms with E-state index in [9.17, 15) is 13.2 Å². The number of morpholine rings is 1. The first-order valence-corrected chi connectivity index (χ1v) is 7.66. The van der Waals surface area contributed by atoms with Gasteiger partial charge in [0.25, 0.3) is 0 Å². The van der Waals surface area contributed by atoms with E-state index in [0.717, 1.165) is 52.2 Å². The Morgan fingerprint density at radius 3 is 2.60 bits per heavy atom. The third-order valence-electron chi connectivity index (χ3n) is 4.32. The number of nitrogens with zero attached hydrogens (tertiary/aromatic N) is 1. The fraction of sp³-hybridized carbons (Fsp3) is 1.00. The van der Waals surface area contributed by atoms with Crippen molar-refractivity contribution >= 4 is 0 Å². The monoisotopic (exact) mass is 294 g/mol. The Labute approximate surface area is 118 Å². The predicted molar refractivity (Wildman–Crippen MR) is 71.7 cm³/mol. The second-order valence-corrected chi connectivity index (χ2v) is 5.86. The summed E-state index contributed by atoms with van der Waals surface area (Å²) in [6.07, 6.45) is -0.909. The second-order valence-electron chi connectivity index (χ2n) is 5.86. The molecule has 0 aromatic carbocycles. The van der Waals surface area contributed by atoms with Crippen LogP contribution in [0.3, 0.4) is 0 Å². The second kappa shape index (κ2) is 7.61. The van der Waals surface area contributed by atoms with E-state index >= 15 is 0 Å². The van der Waals surface area contributed by atoms with Crippen molar-refractivity contribution < 1.29 is 17.9 Å². The molecule has 0 amide bonds. The molecule has 3 nitrogen and oxygen atoms in total. The van der Waals surface area contributed by atoms with Crippen LogP contribution >= 0.6 is 0 Å². The highest BCUT2D eigenvalue weighted by Crippen LogP contribution is 2.37. The first-order valence-electron chi connectivity index (χ1n) is 7.66. The van der Waals surface area contributed by atoms with Crippen molar-refractivity contribution in [2.24, 2.45) is 5.92 Å². The Hall–Kier alpha value is -0.330. The molecule has 1 aliphatic heterocycles. The van der Waals surface area contributed by atoms with Crippen LogP contribution in [0, 0.1) is 5.92 Å². The van der Waals surface area contributed by atoms with Gasteiger partial charge in [-0.05, 0) is 38.8 Å². The highest BCUT2D eigenvalue weighted by atomic mass is 19.4. The van der Waals surface area contributed by atoms with Gasteiger partial charge in [0.1, 0.15) is 0 Å². The van der Waals surface area contributed by atoms with E-state index in [1.807, 2.05) is 0 Å². The van der Waals surface area contributed by atoms with Crippen LogP contribution in [0.1, 0.15) is 32.1 Å². The van der Waals surface area contributed by atoms with Crippen LogP contribution in [0.5, 0.6) is 0 Å². The summed E-state index contributed by atoms with van der Waals surface area (Å²) < 4.78 is 43.4. The molecule has 0 aromatic rings. The molecule has 1 heterocycles. The van der Waals surface area contributed by atoms with Crippen LogP contribution in [0.25, 0.3) is 0 Å². The van der Waals surface area contributed by atoms with Crippen LogP contribution in [0.15, 0.2) is 0 Å². The minimum Gasteiger partial charge on any atom is -0.379 e. The molecule has 0 aromatic heterocycles. The molecule has 0 radical (unpaired) electrons. The molecule has 6 heteroatoms. The Morgan fingerprint density at radius 2 is 1.90 bits per heavy atom. The quantitative estimate of drug-likeness (QED) is 0.788. The maximum atomic E-state index is 12.7. The number of rotatable bonds is 5. The molecule has 20 heavy (non-hydrogen) atoms. The number of alkyl halides is 3. The summed E-state index contributed by atoms with van der Waals surface area (Å²) in [7, 11) is 0. The summed E-state index contributed by atoms with van der Waals surface area (Å²) in [5.41, 5.74) is 0. The molecule has 118 valence electrons. The average molecular weight is 294 g/mol. The molecule has 2 unspecified atom stereocenters. The van der Waals surface area contributed by atoms with Gasteiger partial charge in [0.2, 0.25) is 0 Å². The molecule has 1 aliphatic carbocycles. The zero-order valence-corrected chi connectivity index (χ0v) is 11.9. The fourth-order valence-electron chi connectivity index (χ4n) is 3.11. The summed E-state index contributed by atoms with van der Waals surface area (Å²) in [4.78, 5) is 2.35. The number of hydrogen-bond donors (Lipinski definition) is 1. The molecule has 2 fully saturated rings. The largest absolute Gasteiger partial charge is 0.391 e. The van der Waals surface area contributed by atoms with Gasteiger partial charge in [-0.2, -0.15) is 13.2 Å². The molecule has 0 spiro atoms. The minimum atomic E-state index is -4.02. The summed E-state index contributed by atoms with van der Waals surface area (Å²) >= 11 is 0. The number of halogens is 3. The van der Waals surface area contributed by atoms with Crippen LogP contribution < -0.4 is 5.32 Å². The fourth-order valence-corrected chi connectivity index (χ4v) is 3.11. The third kappa shape index (κ3) is 5.22. The molecule has 1 saturated carbocycles. The van der Waals surface area contributed by atoms with Crippen molar-refractivity contribution in [3.05, 3.63) is 0 Å². The van der Waals surface area contributed by atoms with Gasteiger partial charge in [0, 0.05) is 19.1 Å². The molecule has 0 bridgehead atoms. The van der Waals surface area contributed by atoms with Crippen LogP contribution in [0.2, 0.25) is 0 Å². The zero-order chi connectivity index (χ0) is 14.4. The van der Waals surface area contributed by atoms with E-state index < -0.39 is 12.1 Å². The van der Waals surface area contributed by atoms with Gasteiger partial charge in [0.15, 0.2) is 0 Å². The number of ether oxygens (including phenoxy) is 1. The zero-order valence-electron chi connectivity index (χ0n) is 11.9. The van der Waals surface area contributed by atoms with E-state index in [0.29, 0.717) is 12.8 Å². The predicted octanol–water partition coefficient (Wildman–Crippen LogP) is 2.42. The lowest BCUT2D eigenvalue weighted by Gasteiger charge is -2.31. The van der Waals surface area contributed by atoms with Gasteiger partial charge in [0.05, 0.1) is 19.1 Å². The third-order valence-corrected chi connectivity index (χ3v) is 4.32. The molecular formula is C14H25F3N2O. The first-order chi connectivity index (χ1) is 9.55. The number of hydrogen-bond acceptors (Lipinski definition) is 3. The van der Waals surface area contributed by atoms with Crippen molar-refractivity contribution in [1.29, 1.82) is 0 Å². The molecule has 2 atom stereocenters. The van der Waals surface area contributed by atoms with E-state index in [2.05, 4.69) is 10.2 Å². The highest BCUT2D eigenvalue weighted by Gasteiger charge is 2.41. The van der Waals surface area contributed by atoms with Crippen molar-refractivity contribution in [3.63, 3.8) is 0 Å². The molecule has 1 N–H and O–H groups in total. The molecule has 1 saturated heterocycles. The summed E-state index contributed by atoms with van der Waals surface area (Å²) in [5.74, 6) is -1.10. The van der Waals surface area contributed by atoms with Crippen LogP contribution in [0.4, 0.5) is 13.2 Å². The Bertz CT molecular complexity index is 280. The van der Waals surface area contributed by atoms with Gasteiger partial charge in [-0.1, -0.05) is 6.42 Å². The van der Waals surface area contributed by atoms with Crippen LogP contribution in [-0.2, 0) is 4.74 Å². The van der Waals surface area contributed by atoms with Crippen LogP contribution in [-0.4, -0.2) is 56.5 Å². The first kappa shape index (κ1) is 16.0. The standard InChI is InChI=1S/C14H25F3N2O/c15-14(16,17)12-3-1-4-13(11-12)18-5-2-6-19-7-9-20-10-8-19/h12-13,18H,1-11H2. The van der Waals surface area contributed by atoms with Gasteiger partial charge >= 0.3 is 6.18 Å². The van der Waals surface area contributed by atoms with Gasteiger partial charge < -0.3 is 10.1 Å². The van der Waals surface area contributed by atoms with Crippen molar-refractivity contribution in [2.45, 2.75) is 44.3 Å². The molecule has 2 aliphatic rings. The Morgan fingerprint density at radius 1 is 1.15 bits per heavy atom. The maximum Gasteiger partial charge on any atom is 0.391 e. The highest BCUT2D eigenvalue weighted by molar-refractivity contribution is 4.81. The Balaban J connectivity index is 1.59. The van der Waals surface area contributed by atoms with E-state index in [4.69, 9.17) is 4.74 Å². The molecular weight excluding hydrogens is 269 g/mol. The average Bonchev–Trinajstić information content (AvgIpc) is 2.44. The lowest BCUT2D eigenvalue weighted by molar-refractivity contribution is -0.183. The lowest BCUT2D eigenvalue weighted by atomic mass is 9.85. The van der Waals surface area contributed by atoms with Crippen molar-refractivity contribution in [3.8, 4) is 0 Å². The van der Waals surface area contributed by atoms with E-state index in [1.165, 1.54) is 0 Å². The van der Waals surface area contributed by atoms with Gasteiger partial charge in [-0.25, -0.2) is 0 Å². The number of nitrogens with one attached hydrogen (secondary N) is 1. The molecule has 2 rings (SSSR count). The summed E-state index contributed by atoms with van der Waals surface area (Å²) in [5, 5.41) is 3.31. The van der Waals surface area contributed by atoms with Gasteiger partial charge in [-0.3, -0.25) is 4.90 Å². The Kier molecular flexibility index (Phi) is 6.11. The smallest absolute Gasteiger partial charge is 0.379 e. The topological polar surface area (TPSA) is 24.5 Å². The summed E-state index contributed by atoms with van der Waals surface area (Å²) in [6.45, 7) is 5.35. The van der Waals surface area contributed by atoms with E-state index in [-0.39, 0.29) is 12.5 Å². The normalized spacial score (nSPS) is 29.6. The SMILES string of the molecule is FC(F)(F)C1CCCC(NCCCN2CCOCC2)C1.